The van der Waals surface area contributed by atoms with E-state index in [2.05, 4.69) is 13.2 Å². The average molecular weight is 338 g/mol. The van der Waals surface area contributed by atoms with Crippen molar-refractivity contribution >= 4 is 11.5 Å². The maximum atomic E-state index is 13.3. The lowest BCUT2D eigenvalue weighted by Gasteiger charge is -2.14. The van der Waals surface area contributed by atoms with Crippen LogP contribution in [0.1, 0.15) is 38.2 Å². The minimum Gasteiger partial charge on any atom is -0.492 e. The summed E-state index contributed by atoms with van der Waals surface area (Å²) in [6.45, 7) is 10.4. The maximum Gasteiger partial charge on any atom is 0.159 e. The Balaban J connectivity index is 2.01. The molecule has 1 aliphatic heterocycles. The van der Waals surface area contributed by atoms with Gasteiger partial charge in [-0.3, -0.25) is 4.79 Å². The summed E-state index contributed by atoms with van der Waals surface area (Å²) in [4.78, 5) is 12.1. The molecular weight excluding hydrogens is 315 g/mol. The average Bonchev–Trinajstić information content (AvgIpc) is 3.15. The van der Waals surface area contributed by atoms with E-state index < -0.39 is 0 Å². The van der Waals surface area contributed by atoms with Crippen molar-refractivity contribution in [2.75, 3.05) is 6.61 Å². The Bertz CT molecular complexity index is 781. The van der Waals surface area contributed by atoms with E-state index >= 15 is 0 Å². The summed E-state index contributed by atoms with van der Waals surface area (Å²) in [5.74, 6) is 0.897. The fourth-order valence-corrected chi connectivity index (χ4v) is 3.62. The Morgan fingerprint density at radius 2 is 2.04 bits per heavy atom. The van der Waals surface area contributed by atoms with Gasteiger partial charge in [-0.25, -0.2) is 4.39 Å². The van der Waals surface area contributed by atoms with Crippen LogP contribution < -0.4 is 0 Å². The number of rotatable bonds is 6. The van der Waals surface area contributed by atoms with Gasteiger partial charge in [-0.1, -0.05) is 23.8 Å². The first-order valence-electron chi connectivity index (χ1n) is 8.63. The highest BCUT2D eigenvalue weighted by Crippen LogP contribution is 2.42. The van der Waals surface area contributed by atoms with Gasteiger partial charge >= 0.3 is 0 Å². The largest absolute Gasteiger partial charge is 0.492 e. The first-order chi connectivity index (χ1) is 12.0. The molecule has 1 heterocycles. The number of allylic oxidation sites excluding steroid dienone is 3. The van der Waals surface area contributed by atoms with Crippen LogP contribution in [0.3, 0.4) is 0 Å². The van der Waals surface area contributed by atoms with E-state index in [0.717, 1.165) is 34.5 Å². The number of hydrogen-bond donors (Lipinski definition) is 0. The van der Waals surface area contributed by atoms with Gasteiger partial charge < -0.3 is 4.74 Å². The van der Waals surface area contributed by atoms with Crippen molar-refractivity contribution in [2.24, 2.45) is 5.92 Å². The Hall–Kier alpha value is -2.42. The highest BCUT2D eigenvalue weighted by molar-refractivity contribution is 5.99. The van der Waals surface area contributed by atoms with Crippen LogP contribution in [-0.4, -0.2) is 12.4 Å². The number of ketones is 1. The molecule has 0 aromatic heterocycles. The third-order valence-electron chi connectivity index (χ3n) is 4.98. The Labute approximate surface area is 148 Å². The molecule has 1 aromatic carbocycles. The summed E-state index contributed by atoms with van der Waals surface area (Å²) in [5, 5.41) is 0. The second-order valence-corrected chi connectivity index (χ2v) is 6.75. The smallest absolute Gasteiger partial charge is 0.159 e. The molecule has 1 aliphatic carbocycles. The first-order valence-corrected chi connectivity index (χ1v) is 8.63. The van der Waals surface area contributed by atoms with E-state index in [-0.39, 0.29) is 17.5 Å². The quantitative estimate of drug-likeness (QED) is 0.651. The topological polar surface area (TPSA) is 26.3 Å². The van der Waals surface area contributed by atoms with Gasteiger partial charge in [-0.2, -0.15) is 0 Å². The minimum absolute atomic E-state index is 0.133. The summed E-state index contributed by atoms with van der Waals surface area (Å²) in [6, 6.07) is 6.37. The van der Waals surface area contributed by atoms with Gasteiger partial charge in [-0.15, -0.1) is 6.58 Å². The van der Waals surface area contributed by atoms with E-state index in [0.29, 0.717) is 25.9 Å². The van der Waals surface area contributed by atoms with Gasteiger partial charge in [0.05, 0.1) is 6.61 Å². The van der Waals surface area contributed by atoms with Crippen molar-refractivity contribution in [3.63, 3.8) is 0 Å². The molecule has 130 valence electrons. The van der Waals surface area contributed by atoms with Crippen LogP contribution in [0.2, 0.25) is 0 Å². The van der Waals surface area contributed by atoms with Crippen molar-refractivity contribution in [3.8, 4) is 0 Å². The molecule has 2 aliphatic rings. The Kier molecular flexibility index (Phi) is 5.03. The lowest BCUT2D eigenvalue weighted by molar-refractivity contribution is -0.114. The maximum absolute atomic E-state index is 13.3. The number of carbonyl (C=O) groups excluding carboxylic acids is 1. The van der Waals surface area contributed by atoms with Gasteiger partial charge in [0.2, 0.25) is 0 Å². The van der Waals surface area contributed by atoms with E-state index in [1.54, 1.807) is 18.2 Å². The molecule has 0 spiro atoms. The zero-order valence-corrected chi connectivity index (χ0v) is 14.6. The zero-order valence-electron chi connectivity index (χ0n) is 14.6. The molecule has 2 nitrogen and oxygen atoms in total. The lowest BCUT2D eigenvalue weighted by atomic mass is 9.87. The Morgan fingerprint density at radius 3 is 2.68 bits per heavy atom. The number of carbonyl (C=O) groups is 1. The van der Waals surface area contributed by atoms with Crippen molar-refractivity contribution in [1.82, 2.24) is 0 Å². The van der Waals surface area contributed by atoms with Gasteiger partial charge in [0.25, 0.3) is 0 Å². The van der Waals surface area contributed by atoms with Crippen LogP contribution in [0.25, 0.3) is 5.76 Å². The second kappa shape index (κ2) is 7.22. The van der Waals surface area contributed by atoms with Crippen LogP contribution in [0, 0.1) is 11.7 Å². The van der Waals surface area contributed by atoms with E-state index in [9.17, 15) is 9.18 Å². The van der Waals surface area contributed by atoms with Crippen LogP contribution in [-0.2, 0) is 9.53 Å². The molecule has 25 heavy (non-hydrogen) atoms. The molecule has 1 atom stereocenters. The van der Waals surface area contributed by atoms with Crippen molar-refractivity contribution in [3.05, 3.63) is 77.2 Å². The third kappa shape index (κ3) is 3.51. The second-order valence-electron chi connectivity index (χ2n) is 6.75. The molecule has 3 heteroatoms. The molecule has 0 radical (unpaired) electrons. The highest BCUT2D eigenvalue weighted by atomic mass is 19.1. The highest BCUT2D eigenvalue weighted by Gasteiger charge is 2.31. The van der Waals surface area contributed by atoms with Gasteiger partial charge in [0.1, 0.15) is 11.6 Å². The zero-order chi connectivity index (χ0) is 18.0. The number of halogens is 1. The van der Waals surface area contributed by atoms with Crippen molar-refractivity contribution < 1.29 is 13.9 Å². The van der Waals surface area contributed by atoms with Crippen LogP contribution in [0.4, 0.5) is 4.39 Å². The first kappa shape index (κ1) is 17.4. The molecule has 0 bridgehead atoms. The number of ether oxygens (including phenoxy) is 1. The van der Waals surface area contributed by atoms with Crippen LogP contribution in [0.15, 0.2) is 65.8 Å². The Morgan fingerprint density at radius 1 is 1.32 bits per heavy atom. The normalized spacial score (nSPS) is 20.2. The van der Waals surface area contributed by atoms with Gasteiger partial charge in [0.15, 0.2) is 5.78 Å². The fraction of sp³-hybridized carbons (Fsp3) is 0.318. The number of hydrogen-bond acceptors (Lipinski definition) is 2. The molecule has 3 rings (SSSR count). The molecule has 1 unspecified atom stereocenters. The van der Waals surface area contributed by atoms with Gasteiger partial charge in [0, 0.05) is 17.9 Å². The number of Topliss-reactive ketones (excluding diaryl/α,β-unsaturated/α-hetero) is 1. The summed E-state index contributed by atoms with van der Waals surface area (Å²) >= 11 is 0. The summed E-state index contributed by atoms with van der Waals surface area (Å²) in [7, 11) is 0. The van der Waals surface area contributed by atoms with E-state index in [1.165, 1.54) is 17.7 Å². The standard InChI is InChI=1S/C22H23FO2/c1-4-5-18-16(8-11-21(18)24)12-19-20(14(2)3)13-25-22(19)15-6-9-17(23)10-7-15/h4,6-7,9-10,20H,1-2,5,8,11-13H2,3H3. The molecule has 0 saturated carbocycles. The predicted octanol–water partition coefficient (Wildman–Crippen LogP) is 5.39. The molecule has 0 saturated heterocycles. The molecule has 0 amide bonds. The van der Waals surface area contributed by atoms with Crippen LogP contribution in [0.5, 0.6) is 0 Å². The third-order valence-corrected chi connectivity index (χ3v) is 4.98. The van der Waals surface area contributed by atoms with Crippen molar-refractivity contribution in [2.45, 2.75) is 32.6 Å². The minimum atomic E-state index is -0.266. The predicted molar refractivity (Wildman–Crippen MR) is 98.3 cm³/mol. The molecule has 0 fully saturated rings. The number of benzene rings is 1. The monoisotopic (exact) mass is 338 g/mol. The lowest BCUT2D eigenvalue weighted by Crippen LogP contribution is -2.06. The summed E-state index contributed by atoms with van der Waals surface area (Å²) < 4.78 is 19.2. The van der Waals surface area contributed by atoms with Crippen molar-refractivity contribution in [1.29, 1.82) is 0 Å². The van der Waals surface area contributed by atoms with Gasteiger partial charge in [-0.05, 0) is 61.6 Å². The SMILES string of the molecule is C=CCC1=C(CC2=C(c3ccc(F)cc3)OCC2C(=C)C)CCC1=O. The molecule has 1 aromatic rings. The fourth-order valence-electron chi connectivity index (χ4n) is 3.62. The summed E-state index contributed by atoms with van der Waals surface area (Å²) in [6.07, 6.45) is 4.49. The molecular formula is C22H23FO2. The van der Waals surface area contributed by atoms with Crippen LogP contribution >= 0.6 is 0 Å². The summed E-state index contributed by atoms with van der Waals surface area (Å²) in [5.41, 5.74) is 5.13. The van der Waals surface area contributed by atoms with E-state index in [1.807, 2.05) is 6.92 Å². The van der Waals surface area contributed by atoms with E-state index in [4.69, 9.17) is 4.74 Å². The molecule has 0 N–H and O–H groups in total.